The molecule has 1 saturated heterocycles. The average molecular weight is 222 g/mol. The summed E-state index contributed by atoms with van der Waals surface area (Å²) in [5.74, 6) is 0.0275. The third-order valence-electron chi connectivity index (χ3n) is 2.18. The zero-order valence-electron chi connectivity index (χ0n) is 8.48. The van der Waals surface area contributed by atoms with Crippen molar-refractivity contribution in [3.8, 4) is 0 Å². The molecule has 14 heavy (non-hydrogen) atoms. The van der Waals surface area contributed by atoms with Gasteiger partial charge in [0.05, 0.1) is 11.9 Å². The van der Waals surface area contributed by atoms with Crippen molar-refractivity contribution in [3.63, 3.8) is 0 Å². The van der Waals surface area contributed by atoms with Crippen LogP contribution >= 0.6 is 0 Å². The van der Waals surface area contributed by atoms with Crippen molar-refractivity contribution < 1.29 is 13.2 Å². The summed E-state index contributed by atoms with van der Waals surface area (Å²) in [6.07, 6.45) is 0.735. The first-order valence-corrected chi connectivity index (χ1v) is 6.46. The topological polar surface area (TPSA) is 72.6 Å². The molecule has 0 aromatic rings. The predicted molar refractivity (Wildman–Crippen MR) is 54.4 cm³/mol. The molecule has 6 heteroatoms. The summed E-state index contributed by atoms with van der Waals surface area (Å²) in [7, 11) is -3.16. The molecule has 1 rings (SSSR count). The Balaban J connectivity index is 2.65. The molecular weight excluding hydrogens is 204 g/mol. The lowest BCUT2D eigenvalue weighted by Crippen LogP contribution is -2.38. The molecule has 0 bridgehead atoms. The van der Waals surface area contributed by atoms with Gasteiger partial charge in [0.2, 0.25) is 10.0 Å². The molecule has 1 aliphatic heterocycles. The Hall–Kier alpha value is -0.170. The fourth-order valence-corrected chi connectivity index (χ4v) is 2.89. The zero-order valence-corrected chi connectivity index (χ0v) is 9.29. The minimum absolute atomic E-state index is 0.0231. The highest BCUT2D eigenvalue weighted by Gasteiger charge is 2.25. The van der Waals surface area contributed by atoms with Crippen molar-refractivity contribution in [1.82, 2.24) is 4.31 Å². The quantitative estimate of drug-likeness (QED) is 0.691. The lowest BCUT2D eigenvalue weighted by atomic mass is 10.4. The van der Waals surface area contributed by atoms with Gasteiger partial charge in [0.15, 0.2) is 0 Å². The molecule has 0 spiro atoms. The molecule has 1 atom stereocenters. The Labute approximate surface area is 85.3 Å². The number of rotatable bonds is 3. The van der Waals surface area contributed by atoms with Gasteiger partial charge in [0.25, 0.3) is 0 Å². The first kappa shape index (κ1) is 11.9. The van der Waals surface area contributed by atoms with Gasteiger partial charge in [0.1, 0.15) is 0 Å². The van der Waals surface area contributed by atoms with Gasteiger partial charge >= 0.3 is 0 Å². The van der Waals surface area contributed by atoms with Crippen LogP contribution in [0.15, 0.2) is 0 Å². The van der Waals surface area contributed by atoms with E-state index in [1.165, 1.54) is 4.31 Å². The second kappa shape index (κ2) is 5.06. The monoisotopic (exact) mass is 222 g/mol. The Bertz CT molecular complexity index is 266. The van der Waals surface area contributed by atoms with E-state index in [0.717, 1.165) is 6.42 Å². The molecule has 1 aliphatic rings. The highest BCUT2D eigenvalue weighted by molar-refractivity contribution is 7.89. The minimum atomic E-state index is -3.16. The average Bonchev–Trinajstić information content (AvgIpc) is 2.30. The summed E-state index contributed by atoms with van der Waals surface area (Å²) in [6.45, 7) is 3.69. The second-order valence-corrected chi connectivity index (χ2v) is 5.59. The first-order valence-electron chi connectivity index (χ1n) is 4.86. The van der Waals surface area contributed by atoms with Gasteiger partial charge in [-0.1, -0.05) is 0 Å². The molecule has 0 aliphatic carbocycles. The Kier molecular flexibility index (Phi) is 4.31. The van der Waals surface area contributed by atoms with E-state index >= 15 is 0 Å². The van der Waals surface area contributed by atoms with Gasteiger partial charge < -0.3 is 10.5 Å². The van der Waals surface area contributed by atoms with Crippen LogP contribution in [0.3, 0.4) is 0 Å². The maximum atomic E-state index is 11.7. The van der Waals surface area contributed by atoms with Crippen LogP contribution in [0.2, 0.25) is 0 Å². The van der Waals surface area contributed by atoms with E-state index < -0.39 is 10.0 Å². The number of hydrogen-bond donors (Lipinski definition) is 1. The molecule has 0 saturated carbocycles. The minimum Gasteiger partial charge on any atom is -0.377 e. The standard InChI is InChI=1S/C8H18N2O3S/c1-8-7-10(4-2-5-13-8)14(11,12)6-3-9/h8H,2-7,9H2,1H3. The molecule has 84 valence electrons. The van der Waals surface area contributed by atoms with E-state index in [4.69, 9.17) is 10.5 Å². The number of nitrogens with two attached hydrogens (primary N) is 1. The fraction of sp³-hybridized carbons (Fsp3) is 1.00. The highest BCUT2D eigenvalue weighted by atomic mass is 32.2. The fourth-order valence-electron chi connectivity index (χ4n) is 1.49. The van der Waals surface area contributed by atoms with E-state index in [-0.39, 0.29) is 18.4 Å². The number of ether oxygens (including phenoxy) is 1. The molecule has 5 nitrogen and oxygen atoms in total. The lowest BCUT2D eigenvalue weighted by Gasteiger charge is -2.21. The summed E-state index contributed by atoms with van der Waals surface area (Å²) >= 11 is 0. The predicted octanol–water partition coefficient (Wildman–Crippen LogP) is -0.614. The lowest BCUT2D eigenvalue weighted by molar-refractivity contribution is 0.0752. The van der Waals surface area contributed by atoms with Gasteiger partial charge in [-0.2, -0.15) is 4.31 Å². The Morgan fingerprint density at radius 3 is 2.93 bits per heavy atom. The van der Waals surface area contributed by atoms with E-state index in [9.17, 15) is 8.42 Å². The molecule has 0 amide bonds. The second-order valence-electron chi connectivity index (χ2n) is 3.50. The van der Waals surface area contributed by atoms with Crippen LogP contribution in [0.1, 0.15) is 13.3 Å². The van der Waals surface area contributed by atoms with Crippen molar-refractivity contribution in [3.05, 3.63) is 0 Å². The van der Waals surface area contributed by atoms with Gasteiger partial charge in [-0.05, 0) is 13.3 Å². The Morgan fingerprint density at radius 2 is 2.29 bits per heavy atom. The van der Waals surface area contributed by atoms with Crippen LogP contribution in [0, 0.1) is 0 Å². The molecule has 1 heterocycles. The van der Waals surface area contributed by atoms with Crippen LogP contribution < -0.4 is 5.73 Å². The van der Waals surface area contributed by atoms with Gasteiger partial charge in [-0.15, -0.1) is 0 Å². The van der Waals surface area contributed by atoms with Gasteiger partial charge in [-0.25, -0.2) is 8.42 Å². The summed E-state index contributed by atoms with van der Waals surface area (Å²) < 4.78 is 30.2. The van der Waals surface area contributed by atoms with Crippen LogP contribution in [0.4, 0.5) is 0 Å². The van der Waals surface area contributed by atoms with E-state index in [1.807, 2.05) is 6.92 Å². The number of nitrogens with zero attached hydrogens (tertiary/aromatic N) is 1. The molecule has 2 N–H and O–H groups in total. The van der Waals surface area contributed by atoms with Gasteiger partial charge in [-0.3, -0.25) is 0 Å². The third kappa shape index (κ3) is 3.20. The van der Waals surface area contributed by atoms with Crippen molar-refractivity contribution in [2.24, 2.45) is 5.73 Å². The summed E-state index contributed by atoms with van der Waals surface area (Å²) in [4.78, 5) is 0. The molecule has 0 radical (unpaired) electrons. The van der Waals surface area contributed by atoms with E-state index in [1.54, 1.807) is 0 Å². The van der Waals surface area contributed by atoms with E-state index in [0.29, 0.717) is 19.7 Å². The normalized spacial score (nSPS) is 26.0. The molecule has 0 aromatic carbocycles. The first-order chi connectivity index (χ1) is 6.56. The highest BCUT2D eigenvalue weighted by Crippen LogP contribution is 2.10. The van der Waals surface area contributed by atoms with E-state index in [2.05, 4.69) is 0 Å². The zero-order chi connectivity index (χ0) is 10.6. The van der Waals surface area contributed by atoms with Crippen LogP contribution in [0.5, 0.6) is 0 Å². The summed E-state index contributed by atoms with van der Waals surface area (Å²) in [6, 6.07) is 0. The van der Waals surface area contributed by atoms with Crippen molar-refractivity contribution in [1.29, 1.82) is 0 Å². The van der Waals surface area contributed by atoms with Crippen molar-refractivity contribution in [2.45, 2.75) is 19.4 Å². The molecule has 1 unspecified atom stereocenters. The van der Waals surface area contributed by atoms with Crippen LogP contribution in [-0.4, -0.2) is 50.8 Å². The number of hydrogen-bond acceptors (Lipinski definition) is 4. The van der Waals surface area contributed by atoms with Crippen LogP contribution in [-0.2, 0) is 14.8 Å². The van der Waals surface area contributed by atoms with Crippen molar-refractivity contribution in [2.75, 3.05) is 32.0 Å². The number of sulfonamides is 1. The maximum absolute atomic E-state index is 11.7. The van der Waals surface area contributed by atoms with Crippen molar-refractivity contribution >= 4 is 10.0 Å². The summed E-state index contributed by atoms with van der Waals surface area (Å²) in [5.41, 5.74) is 5.26. The SMILES string of the molecule is CC1CN(S(=O)(=O)CCN)CCCO1. The molecular formula is C8H18N2O3S. The Morgan fingerprint density at radius 1 is 1.57 bits per heavy atom. The smallest absolute Gasteiger partial charge is 0.215 e. The third-order valence-corrected chi connectivity index (χ3v) is 4.05. The molecule has 1 fully saturated rings. The molecule has 0 aromatic heterocycles. The largest absolute Gasteiger partial charge is 0.377 e. The maximum Gasteiger partial charge on any atom is 0.215 e. The summed E-state index contributed by atoms with van der Waals surface area (Å²) in [5, 5.41) is 0. The van der Waals surface area contributed by atoms with Gasteiger partial charge in [0, 0.05) is 26.2 Å². The van der Waals surface area contributed by atoms with Crippen LogP contribution in [0.25, 0.3) is 0 Å².